The highest BCUT2D eigenvalue weighted by molar-refractivity contribution is 8.01. The second kappa shape index (κ2) is 6.93. The first-order valence-corrected chi connectivity index (χ1v) is 9.54. The lowest BCUT2D eigenvalue weighted by Gasteiger charge is -2.32. The van der Waals surface area contributed by atoms with Crippen molar-refractivity contribution < 1.29 is 0 Å². The molecule has 0 bridgehead atoms. The molecule has 0 saturated heterocycles. The van der Waals surface area contributed by atoms with Crippen LogP contribution in [0, 0.1) is 0 Å². The smallest absolute Gasteiger partial charge is 0.169 e. The largest absolute Gasteiger partial charge is 0.358 e. The first-order chi connectivity index (χ1) is 13.8. The highest BCUT2D eigenvalue weighted by Gasteiger charge is 2.27. The summed E-state index contributed by atoms with van der Waals surface area (Å²) in [6.45, 7) is 2.05. The number of pyridine rings is 1. The number of imidazole rings is 1. The molecule has 4 heterocycles. The average Bonchev–Trinajstić information content (AvgIpc) is 3.23. The fraction of sp³-hybridized carbons (Fsp3) is 0.105. The van der Waals surface area contributed by atoms with Crippen LogP contribution < -0.4 is 9.62 Å². The molecule has 0 aliphatic carbocycles. The van der Waals surface area contributed by atoms with Crippen molar-refractivity contribution in [1.82, 2.24) is 24.9 Å². The first kappa shape index (κ1) is 16.7. The van der Waals surface area contributed by atoms with Gasteiger partial charge in [0.05, 0.1) is 23.0 Å². The van der Waals surface area contributed by atoms with E-state index in [1.54, 1.807) is 24.5 Å². The van der Waals surface area contributed by atoms with E-state index >= 15 is 0 Å². The Kier molecular flexibility index (Phi) is 4.13. The van der Waals surface area contributed by atoms with Crippen molar-refractivity contribution in [2.24, 2.45) is 4.99 Å². The van der Waals surface area contributed by atoms with Gasteiger partial charge in [-0.2, -0.15) is 0 Å². The third kappa shape index (κ3) is 2.95. The number of anilines is 2. The number of fused-ring (bicyclic) bond motifs is 2. The molecule has 8 nitrogen and oxygen atoms in total. The SMILES string of the molecule is CC(Nc1ncnc2[nH]cnc12)C1=Nc2ncccc2SN1c1ccccc1. The fourth-order valence-corrected chi connectivity index (χ4v) is 4.03. The van der Waals surface area contributed by atoms with E-state index in [4.69, 9.17) is 4.99 Å². The molecule has 1 aliphatic rings. The maximum Gasteiger partial charge on any atom is 0.169 e. The lowest BCUT2D eigenvalue weighted by molar-refractivity contribution is 0.996. The van der Waals surface area contributed by atoms with Crippen molar-refractivity contribution in [3.05, 3.63) is 61.3 Å². The van der Waals surface area contributed by atoms with Crippen molar-refractivity contribution in [1.29, 1.82) is 0 Å². The molecule has 0 radical (unpaired) electrons. The van der Waals surface area contributed by atoms with Gasteiger partial charge in [0.25, 0.3) is 0 Å². The van der Waals surface area contributed by atoms with Gasteiger partial charge in [0, 0.05) is 6.20 Å². The summed E-state index contributed by atoms with van der Waals surface area (Å²) in [5.41, 5.74) is 2.43. The number of rotatable bonds is 4. The Bertz CT molecular complexity index is 1160. The van der Waals surface area contributed by atoms with Crippen LogP contribution in [0.25, 0.3) is 11.2 Å². The number of para-hydroxylation sites is 1. The summed E-state index contributed by atoms with van der Waals surface area (Å²) in [4.78, 5) is 26.1. The zero-order chi connectivity index (χ0) is 18.9. The van der Waals surface area contributed by atoms with Gasteiger partial charge in [-0.1, -0.05) is 18.2 Å². The maximum atomic E-state index is 4.84. The Balaban J connectivity index is 1.54. The van der Waals surface area contributed by atoms with Crippen molar-refractivity contribution in [3.8, 4) is 0 Å². The van der Waals surface area contributed by atoms with E-state index in [0.717, 1.165) is 22.2 Å². The topological polar surface area (TPSA) is 95.0 Å². The van der Waals surface area contributed by atoms with Gasteiger partial charge in [-0.3, -0.25) is 4.31 Å². The number of aromatic nitrogens is 5. The van der Waals surface area contributed by atoms with Crippen molar-refractivity contribution in [3.63, 3.8) is 0 Å². The van der Waals surface area contributed by atoms with E-state index in [2.05, 4.69) is 46.7 Å². The molecule has 2 N–H and O–H groups in total. The van der Waals surface area contributed by atoms with Crippen molar-refractivity contribution in [2.75, 3.05) is 9.62 Å². The molecule has 28 heavy (non-hydrogen) atoms. The number of hydrogen-bond acceptors (Lipinski definition) is 8. The highest BCUT2D eigenvalue weighted by Crippen LogP contribution is 2.39. The van der Waals surface area contributed by atoms with Gasteiger partial charge in [-0.15, -0.1) is 0 Å². The predicted octanol–water partition coefficient (Wildman–Crippen LogP) is 3.81. The fourth-order valence-electron chi connectivity index (χ4n) is 3.00. The van der Waals surface area contributed by atoms with Crippen LogP contribution in [0.5, 0.6) is 0 Å². The van der Waals surface area contributed by atoms with Crippen LogP contribution in [-0.2, 0) is 0 Å². The van der Waals surface area contributed by atoms with E-state index in [-0.39, 0.29) is 6.04 Å². The summed E-state index contributed by atoms with van der Waals surface area (Å²) in [6, 6.07) is 14.0. The van der Waals surface area contributed by atoms with E-state index in [1.807, 2.05) is 37.3 Å². The molecule has 9 heteroatoms. The lowest BCUT2D eigenvalue weighted by atomic mass is 10.2. The Labute approximate surface area is 165 Å². The van der Waals surface area contributed by atoms with E-state index in [9.17, 15) is 0 Å². The number of aromatic amines is 1. The molecular weight excluding hydrogens is 372 g/mol. The van der Waals surface area contributed by atoms with Crippen LogP contribution in [0.15, 0.2) is 71.2 Å². The highest BCUT2D eigenvalue weighted by atomic mass is 32.2. The Morgan fingerprint density at radius 2 is 1.93 bits per heavy atom. The second-order valence-electron chi connectivity index (χ2n) is 6.20. The van der Waals surface area contributed by atoms with Crippen LogP contribution in [0.1, 0.15) is 6.92 Å². The van der Waals surface area contributed by atoms with Crippen LogP contribution in [0.2, 0.25) is 0 Å². The summed E-state index contributed by atoms with van der Waals surface area (Å²) in [7, 11) is 0. The molecule has 1 aliphatic heterocycles. The summed E-state index contributed by atoms with van der Waals surface area (Å²) < 4.78 is 2.12. The molecule has 1 atom stereocenters. The summed E-state index contributed by atoms with van der Waals surface area (Å²) in [5.74, 6) is 2.21. The van der Waals surface area contributed by atoms with Gasteiger partial charge in [0.2, 0.25) is 0 Å². The van der Waals surface area contributed by atoms with Gasteiger partial charge in [-0.05, 0) is 43.1 Å². The zero-order valence-corrected chi connectivity index (χ0v) is 15.8. The summed E-state index contributed by atoms with van der Waals surface area (Å²) >= 11 is 1.61. The number of nitrogens with one attached hydrogen (secondary N) is 2. The minimum Gasteiger partial charge on any atom is -0.358 e. The number of aliphatic imine (C=N–C) groups is 1. The second-order valence-corrected chi connectivity index (χ2v) is 7.19. The Morgan fingerprint density at radius 3 is 2.82 bits per heavy atom. The molecule has 0 amide bonds. The van der Waals surface area contributed by atoms with Crippen molar-refractivity contribution >= 4 is 46.3 Å². The number of benzene rings is 1. The molecule has 1 aromatic carbocycles. The lowest BCUT2D eigenvalue weighted by Crippen LogP contribution is -2.39. The van der Waals surface area contributed by atoms with Crippen LogP contribution in [0.4, 0.5) is 17.3 Å². The molecule has 138 valence electrons. The Hall–Kier alpha value is -3.46. The molecule has 0 fully saturated rings. The number of amidine groups is 1. The average molecular weight is 388 g/mol. The van der Waals surface area contributed by atoms with Crippen LogP contribution in [0.3, 0.4) is 0 Å². The molecule has 3 aromatic heterocycles. The number of nitrogens with zero attached hydrogens (tertiary/aromatic N) is 6. The van der Waals surface area contributed by atoms with Crippen LogP contribution >= 0.6 is 11.9 Å². The molecule has 4 aromatic rings. The molecule has 5 rings (SSSR count). The number of hydrogen-bond donors (Lipinski definition) is 2. The minimum absolute atomic E-state index is 0.141. The van der Waals surface area contributed by atoms with E-state index < -0.39 is 0 Å². The Morgan fingerprint density at radius 1 is 1.04 bits per heavy atom. The predicted molar refractivity (Wildman–Crippen MR) is 111 cm³/mol. The van der Waals surface area contributed by atoms with E-state index in [1.165, 1.54) is 6.33 Å². The molecule has 1 unspecified atom stereocenters. The molecule has 0 saturated carbocycles. The van der Waals surface area contributed by atoms with Crippen molar-refractivity contribution in [2.45, 2.75) is 17.9 Å². The third-order valence-electron chi connectivity index (χ3n) is 4.32. The summed E-state index contributed by atoms with van der Waals surface area (Å²) in [6.07, 6.45) is 4.88. The molecule has 0 spiro atoms. The van der Waals surface area contributed by atoms with E-state index in [0.29, 0.717) is 17.0 Å². The quantitative estimate of drug-likeness (QED) is 0.513. The van der Waals surface area contributed by atoms with Gasteiger partial charge >= 0.3 is 0 Å². The first-order valence-electron chi connectivity index (χ1n) is 8.77. The van der Waals surface area contributed by atoms with Gasteiger partial charge in [-0.25, -0.2) is 24.9 Å². The van der Waals surface area contributed by atoms with Gasteiger partial charge in [0.15, 0.2) is 17.3 Å². The summed E-state index contributed by atoms with van der Waals surface area (Å²) in [5, 5.41) is 3.42. The van der Waals surface area contributed by atoms with Crippen LogP contribution in [-0.4, -0.2) is 36.8 Å². The van der Waals surface area contributed by atoms with Gasteiger partial charge < -0.3 is 10.3 Å². The maximum absolute atomic E-state index is 4.84. The minimum atomic E-state index is -0.141. The monoisotopic (exact) mass is 388 g/mol. The standard InChI is InChI=1S/C19H16N8S/c1-12(25-18-15-17(22-10-21-15)23-11-24-18)19-26-16-14(8-5-9-20-16)28-27(19)13-6-3-2-4-7-13/h2-12H,1H3,(H2,21,22,23,24,25). The number of H-pyrrole nitrogens is 1. The van der Waals surface area contributed by atoms with Gasteiger partial charge in [0.1, 0.15) is 17.7 Å². The normalized spacial score (nSPS) is 14.5. The molecular formula is C19H16N8S. The zero-order valence-electron chi connectivity index (χ0n) is 14.9. The third-order valence-corrected chi connectivity index (χ3v) is 5.41.